The van der Waals surface area contributed by atoms with Gasteiger partial charge in [0.05, 0.1) is 0 Å². The number of aromatic nitrogens is 4. The molecule has 0 aliphatic heterocycles. The van der Waals surface area contributed by atoms with Gasteiger partial charge in [-0.1, -0.05) is 41.4 Å². The largest absolute Gasteiger partial charge is 0.322 e. The predicted molar refractivity (Wildman–Crippen MR) is 98.4 cm³/mol. The zero-order valence-corrected chi connectivity index (χ0v) is 14.7. The van der Waals surface area contributed by atoms with Gasteiger partial charge >= 0.3 is 0 Å². The highest BCUT2D eigenvalue weighted by Gasteiger charge is 2.07. The second-order valence-corrected chi connectivity index (χ2v) is 5.98. The predicted octanol–water partition coefficient (Wildman–Crippen LogP) is 3.84. The highest BCUT2D eigenvalue weighted by atomic mass is 35.5. The van der Waals surface area contributed by atoms with Crippen LogP contribution in [-0.2, 0) is 11.8 Å². The minimum absolute atomic E-state index is 0.302. The Morgan fingerprint density at radius 2 is 1.88 bits per heavy atom. The molecular formula is C17H13Cl2N5O. The van der Waals surface area contributed by atoms with Gasteiger partial charge in [-0.05, 0) is 40.8 Å². The van der Waals surface area contributed by atoms with Crippen LogP contribution in [-0.4, -0.2) is 26.1 Å². The zero-order valence-electron chi connectivity index (χ0n) is 13.1. The molecule has 0 bridgehead atoms. The van der Waals surface area contributed by atoms with E-state index in [0.717, 1.165) is 5.56 Å². The molecule has 0 unspecified atom stereocenters. The Kier molecular flexibility index (Phi) is 5.11. The Labute approximate surface area is 154 Å². The molecule has 1 N–H and O–H groups in total. The van der Waals surface area contributed by atoms with E-state index in [4.69, 9.17) is 23.2 Å². The van der Waals surface area contributed by atoms with Crippen LogP contribution in [0.2, 0.25) is 10.0 Å². The molecule has 0 atom stereocenters. The number of tetrazole rings is 1. The third-order valence-electron chi connectivity index (χ3n) is 3.41. The van der Waals surface area contributed by atoms with Crippen LogP contribution in [0, 0.1) is 0 Å². The van der Waals surface area contributed by atoms with Gasteiger partial charge < -0.3 is 5.32 Å². The van der Waals surface area contributed by atoms with Crippen molar-refractivity contribution in [2.75, 3.05) is 5.32 Å². The first-order valence-corrected chi connectivity index (χ1v) is 8.06. The van der Waals surface area contributed by atoms with Crippen molar-refractivity contribution in [3.63, 3.8) is 0 Å². The van der Waals surface area contributed by atoms with E-state index in [9.17, 15) is 4.79 Å². The summed E-state index contributed by atoms with van der Waals surface area (Å²) in [6.07, 6.45) is 2.96. The standard InChI is InChI=1S/C17H13Cl2N5O/c1-24-17(21-22-23-24)11-4-2-5-12(10-11)20-16(25)9-8-13-14(18)6-3-7-15(13)19/h2-10H,1H3,(H,20,25)/b9-8+. The summed E-state index contributed by atoms with van der Waals surface area (Å²) in [6, 6.07) is 12.4. The first kappa shape index (κ1) is 17.1. The van der Waals surface area contributed by atoms with Crippen LogP contribution in [0.4, 0.5) is 5.69 Å². The summed E-state index contributed by atoms with van der Waals surface area (Å²) in [7, 11) is 1.75. The Bertz CT molecular complexity index is 931. The minimum Gasteiger partial charge on any atom is -0.322 e. The zero-order chi connectivity index (χ0) is 17.8. The molecule has 25 heavy (non-hydrogen) atoms. The smallest absolute Gasteiger partial charge is 0.248 e. The van der Waals surface area contributed by atoms with E-state index in [1.54, 1.807) is 48.1 Å². The van der Waals surface area contributed by atoms with Gasteiger partial charge in [-0.3, -0.25) is 4.79 Å². The molecule has 126 valence electrons. The molecule has 0 saturated heterocycles. The quantitative estimate of drug-likeness (QED) is 0.705. The third kappa shape index (κ3) is 4.04. The number of rotatable bonds is 4. The van der Waals surface area contributed by atoms with Crippen molar-refractivity contribution in [3.8, 4) is 11.4 Å². The van der Waals surface area contributed by atoms with Crippen molar-refractivity contribution in [2.24, 2.45) is 7.05 Å². The van der Waals surface area contributed by atoms with Crippen molar-refractivity contribution < 1.29 is 4.79 Å². The second kappa shape index (κ2) is 7.46. The molecule has 8 heteroatoms. The van der Waals surface area contributed by atoms with E-state index in [1.165, 1.54) is 6.08 Å². The first-order valence-electron chi connectivity index (χ1n) is 7.30. The van der Waals surface area contributed by atoms with Gasteiger partial charge in [0.25, 0.3) is 0 Å². The number of hydrogen-bond donors (Lipinski definition) is 1. The highest BCUT2D eigenvalue weighted by Crippen LogP contribution is 2.25. The molecule has 2 aromatic carbocycles. The Morgan fingerprint density at radius 1 is 1.16 bits per heavy atom. The molecule has 1 aromatic heterocycles. The van der Waals surface area contributed by atoms with Crippen LogP contribution in [0.1, 0.15) is 5.56 Å². The molecule has 0 radical (unpaired) electrons. The number of carbonyl (C=O) groups excluding carboxylic acids is 1. The average molecular weight is 374 g/mol. The number of hydrogen-bond acceptors (Lipinski definition) is 4. The van der Waals surface area contributed by atoms with Crippen LogP contribution in [0.25, 0.3) is 17.5 Å². The van der Waals surface area contributed by atoms with Gasteiger partial charge in [-0.15, -0.1) is 5.10 Å². The maximum absolute atomic E-state index is 12.1. The summed E-state index contributed by atoms with van der Waals surface area (Å²) in [5.41, 5.74) is 2.02. The van der Waals surface area contributed by atoms with Crippen molar-refractivity contribution in [2.45, 2.75) is 0 Å². The van der Waals surface area contributed by atoms with Gasteiger partial charge in [0.2, 0.25) is 5.91 Å². The number of halogens is 2. The topological polar surface area (TPSA) is 72.7 Å². The molecule has 0 saturated carbocycles. The third-order valence-corrected chi connectivity index (χ3v) is 4.07. The molecule has 1 amide bonds. The number of carbonyl (C=O) groups is 1. The molecule has 0 aliphatic carbocycles. The number of nitrogens with zero attached hydrogens (tertiary/aromatic N) is 4. The fourth-order valence-corrected chi connectivity index (χ4v) is 2.75. The highest BCUT2D eigenvalue weighted by molar-refractivity contribution is 6.37. The fraction of sp³-hybridized carbons (Fsp3) is 0.0588. The van der Waals surface area contributed by atoms with Crippen molar-refractivity contribution >= 4 is 40.9 Å². The number of amides is 1. The molecule has 6 nitrogen and oxygen atoms in total. The maximum atomic E-state index is 12.1. The van der Waals surface area contributed by atoms with Crippen LogP contribution < -0.4 is 5.32 Å². The van der Waals surface area contributed by atoms with Gasteiger partial charge in [0.1, 0.15) is 0 Å². The summed E-state index contributed by atoms with van der Waals surface area (Å²) >= 11 is 12.2. The average Bonchev–Trinajstić information content (AvgIpc) is 3.01. The second-order valence-electron chi connectivity index (χ2n) is 5.16. The van der Waals surface area contributed by atoms with E-state index in [0.29, 0.717) is 27.1 Å². The van der Waals surface area contributed by atoms with E-state index < -0.39 is 0 Å². The molecule has 0 aliphatic rings. The van der Waals surface area contributed by atoms with Crippen molar-refractivity contribution in [1.29, 1.82) is 0 Å². The minimum atomic E-state index is -0.302. The van der Waals surface area contributed by atoms with Gasteiger partial charge in [-0.2, -0.15) is 0 Å². The lowest BCUT2D eigenvalue weighted by Crippen LogP contribution is -2.08. The SMILES string of the molecule is Cn1nnnc1-c1cccc(NC(=O)/C=C/c2c(Cl)cccc2Cl)c1. The van der Waals surface area contributed by atoms with Crippen LogP contribution in [0.3, 0.4) is 0 Å². The van der Waals surface area contributed by atoms with Gasteiger partial charge in [-0.25, -0.2) is 4.68 Å². The van der Waals surface area contributed by atoms with Gasteiger partial charge in [0, 0.05) is 40.0 Å². The summed E-state index contributed by atoms with van der Waals surface area (Å²) in [5, 5.41) is 15.1. The van der Waals surface area contributed by atoms with Crippen LogP contribution >= 0.6 is 23.2 Å². The lowest BCUT2D eigenvalue weighted by molar-refractivity contribution is -0.111. The normalized spacial score (nSPS) is 11.0. The van der Waals surface area contributed by atoms with E-state index in [2.05, 4.69) is 20.8 Å². The lowest BCUT2D eigenvalue weighted by Gasteiger charge is -2.05. The molecular weight excluding hydrogens is 361 g/mol. The van der Waals surface area contributed by atoms with E-state index in [1.807, 2.05) is 12.1 Å². The Morgan fingerprint density at radius 3 is 2.56 bits per heavy atom. The molecule has 3 aromatic rings. The first-order chi connectivity index (χ1) is 12.0. The summed E-state index contributed by atoms with van der Waals surface area (Å²) in [6.45, 7) is 0. The van der Waals surface area contributed by atoms with Crippen LogP contribution in [0.15, 0.2) is 48.5 Å². The maximum Gasteiger partial charge on any atom is 0.248 e. The fourth-order valence-electron chi connectivity index (χ4n) is 2.22. The monoisotopic (exact) mass is 373 g/mol. The van der Waals surface area contributed by atoms with E-state index in [-0.39, 0.29) is 5.91 Å². The summed E-state index contributed by atoms with van der Waals surface area (Å²) in [4.78, 5) is 12.1. The molecule has 0 spiro atoms. The Hall–Kier alpha value is -2.70. The van der Waals surface area contributed by atoms with Crippen molar-refractivity contribution in [3.05, 3.63) is 64.1 Å². The van der Waals surface area contributed by atoms with Crippen molar-refractivity contribution in [1.82, 2.24) is 20.2 Å². The number of anilines is 1. The lowest BCUT2D eigenvalue weighted by atomic mass is 10.2. The van der Waals surface area contributed by atoms with Crippen LogP contribution in [0.5, 0.6) is 0 Å². The number of nitrogens with one attached hydrogen (secondary N) is 1. The molecule has 3 rings (SSSR count). The molecule has 1 heterocycles. The van der Waals surface area contributed by atoms with E-state index >= 15 is 0 Å². The molecule has 0 fully saturated rings. The summed E-state index contributed by atoms with van der Waals surface area (Å²) in [5.74, 6) is 0.304. The number of benzene rings is 2. The number of aryl methyl sites for hydroxylation is 1. The Balaban J connectivity index is 1.76. The summed E-state index contributed by atoms with van der Waals surface area (Å²) < 4.78 is 1.56. The van der Waals surface area contributed by atoms with Gasteiger partial charge in [0.15, 0.2) is 5.82 Å².